The van der Waals surface area contributed by atoms with Crippen molar-refractivity contribution in [3.63, 3.8) is 0 Å². The minimum atomic E-state index is -0.212. The van der Waals surface area contributed by atoms with Crippen LogP contribution in [0.1, 0.15) is 23.9 Å². The maximum absolute atomic E-state index is 12.4. The Bertz CT molecular complexity index is 925. The molecule has 0 aliphatic heterocycles. The maximum atomic E-state index is 12.4. The van der Waals surface area contributed by atoms with Crippen LogP contribution < -0.4 is 5.32 Å². The number of hydrogen-bond acceptors (Lipinski definition) is 4. The second kappa shape index (κ2) is 8.87. The predicted molar refractivity (Wildman–Crippen MR) is 107 cm³/mol. The van der Waals surface area contributed by atoms with Crippen LogP contribution in [0.3, 0.4) is 0 Å². The fourth-order valence-electron chi connectivity index (χ4n) is 2.60. The highest BCUT2D eigenvalue weighted by molar-refractivity contribution is 7.98. The smallest absolute Gasteiger partial charge is 0.244 e. The molecule has 0 aliphatic rings. The topological polar surface area (TPSA) is 59.3 Å². The number of carbonyl (C=O) groups excluding carboxylic acids is 1. The molecule has 134 valence electrons. The van der Waals surface area contributed by atoms with Gasteiger partial charge in [-0.1, -0.05) is 29.8 Å². The summed E-state index contributed by atoms with van der Waals surface area (Å²) in [6.45, 7) is 0. The largest absolute Gasteiger partial charge is 0.342 e. The molecule has 26 heavy (non-hydrogen) atoms. The van der Waals surface area contributed by atoms with Crippen molar-refractivity contribution in [2.75, 3.05) is 12.0 Å². The zero-order chi connectivity index (χ0) is 18.4. The lowest BCUT2D eigenvalue weighted by atomic mass is 10.2. The molecule has 1 amide bonds. The fraction of sp³-hybridized carbons (Fsp3) is 0.211. The van der Waals surface area contributed by atoms with E-state index in [1.165, 1.54) is 6.08 Å². The highest BCUT2D eigenvalue weighted by atomic mass is 35.5. The maximum Gasteiger partial charge on any atom is 0.244 e. The first-order chi connectivity index (χ1) is 12.7. The van der Waals surface area contributed by atoms with Gasteiger partial charge in [-0.15, -0.1) is 10.2 Å². The molecule has 3 rings (SSSR count). The summed E-state index contributed by atoms with van der Waals surface area (Å²) < 4.78 is 1.91. The number of benzene rings is 1. The molecule has 1 N–H and O–H groups in total. The Kier molecular flexibility index (Phi) is 6.30. The minimum absolute atomic E-state index is 0.177. The van der Waals surface area contributed by atoms with Crippen molar-refractivity contribution in [1.29, 1.82) is 0 Å². The Morgan fingerprint density at radius 2 is 2.19 bits per heavy atom. The van der Waals surface area contributed by atoms with Gasteiger partial charge in [-0.05, 0) is 54.3 Å². The molecule has 3 aromatic rings. The molecule has 0 bridgehead atoms. The lowest BCUT2D eigenvalue weighted by Crippen LogP contribution is -2.29. The highest BCUT2D eigenvalue weighted by Crippen LogP contribution is 2.18. The standard InChI is InChI=1S/C19H19ClN4OS/c1-26-12-10-16(19-23-22-17-7-2-3-11-24(17)19)21-18(25)9-8-14-5-4-6-15(20)13-14/h2-9,11,13,16H,10,12H2,1H3,(H,21,25)/b9-8-. The number of thioether (sulfide) groups is 1. The number of halogens is 1. The molecule has 7 heteroatoms. The first-order valence-corrected chi connectivity index (χ1v) is 9.97. The third-order valence-electron chi connectivity index (χ3n) is 3.85. The molecule has 0 spiro atoms. The Hall–Kier alpha value is -2.31. The third kappa shape index (κ3) is 4.65. The fourth-order valence-corrected chi connectivity index (χ4v) is 3.27. The summed E-state index contributed by atoms with van der Waals surface area (Å²) in [4.78, 5) is 12.4. The summed E-state index contributed by atoms with van der Waals surface area (Å²) in [6, 6.07) is 12.9. The van der Waals surface area contributed by atoms with Gasteiger partial charge in [0.2, 0.25) is 5.91 Å². The van der Waals surface area contributed by atoms with Crippen LogP contribution in [0.4, 0.5) is 0 Å². The summed E-state index contributed by atoms with van der Waals surface area (Å²) >= 11 is 7.70. The van der Waals surface area contributed by atoms with Gasteiger partial charge in [0, 0.05) is 17.3 Å². The van der Waals surface area contributed by atoms with Crippen LogP contribution in [0.2, 0.25) is 5.02 Å². The van der Waals surface area contributed by atoms with Gasteiger partial charge in [0.15, 0.2) is 11.5 Å². The van der Waals surface area contributed by atoms with E-state index in [-0.39, 0.29) is 11.9 Å². The summed E-state index contributed by atoms with van der Waals surface area (Å²) in [5.74, 6) is 1.47. The number of pyridine rings is 1. The predicted octanol–water partition coefficient (Wildman–Crippen LogP) is 4.01. The highest BCUT2D eigenvalue weighted by Gasteiger charge is 2.19. The van der Waals surface area contributed by atoms with Crippen molar-refractivity contribution in [3.8, 4) is 0 Å². The van der Waals surface area contributed by atoms with Crippen LogP contribution in [-0.2, 0) is 4.79 Å². The summed E-state index contributed by atoms with van der Waals surface area (Å²) in [5, 5.41) is 12.1. The molecule has 2 aromatic heterocycles. The van der Waals surface area contributed by atoms with Gasteiger partial charge >= 0.3 is 0 Å². The number of rotatable bonds is 7. The van der Waals surface area contributed by atoms with Crippen LogP contribution in [0.5, 0.6) is 0 Å². The van der Waals surface area contributed by atoms with Crippen molar-refractivity contribution in [2.24, 2.45) is 0 Å². The number of hydrogen-bond donors (Lipinski definition) is 1. The molecule has 1 aromatic carbocycles. The number of nitrogens with one attached hydrogen (secondary N) is 1. The average molecular weight is 387 g/mol. The molecule has 2 heterocycles. The number of aromatic nitrogens is 3. The van der Waals surface area contributed by atoms with Gasteiger partial charge in [-0.2, -0.15) is 11.8 Å². The molecule has 0 saturated heterocycles. The monoisotopic (exact) mass is 386 g/mol. The zero-order valence-electron chi connectivity index (χ0n) is 14.3. The van der Waals surface area contributed by atoms with E-state index in [1.807, 2.05) is 53.3 Å². The quantitative estimate of drug-likeness (QED) is 0.623. The minimum Gasteiger partial charge on any atom is -0.342 e. The van der Waals surface area contributed by atoms with Crippen LogP contribution >= 0.6 is 23.4 Å². The van der Waals surface area contributed by atoms with Crippen molar-refractivity contribution in [3.05, 3.63) is 71.1 Å². The van der Waals surface area contributed by atoms with Gasteiger partial charge in [-0.3, -0.25) is 9.20 Å². The molecule has 0 aliphatic carbocycles. The molecular weight excluding hydrogens is 368 g/mol. The summed E-state index contributed by atoms with van der Waals surface area (Å²) in [5.41, 5.74) is 1.64. The van der Waals surface area contributed by atoms with Crippen LogP contribution in [0, 0.1) is 0 Å². The van der Waals surface area contributed by atoms with Gasteiger partial charge in [0.05, 0.1) is 6.04 Å². The Morgan fingerprint density at radius 1 is 1.31 bits per heavy atom. The first-order valence-electron chi connectivity index (χ1n) is 8.20. The van der Waals surface area contributed by atoms with Crippen LogP contribution in [0.25, 0.3) is 11.7 Å². The lowest BCUT2D eigenvalue weighted by Gasteiger charge is -2.16. The number of nitrogens with zero attached hydrogens (tertiary/aromatic N) is 3. The van der Waals surface area contributed by atoms with Crippen molar-refractivity contribution in [1.82, 2.24) is 19.9 Å². The van der Waals surface area contributed by atoms with E-state index in [2.05, 4.69) is 15.5 Å². The second-order valence-electron chi connectivity index (χ2n) is 5.72. The van der Waals surface area contributed by atoms with E-state index in [0.29, 0.717) is 5.02 Å². The van der Waals surface area contributed by atoms with E-state index in [4.69, 9.17) is 11.6 Å². The summed E-state index contributed by atoms with van der Waals surface area (Å²) in [7, 11) is 0. The van der Waals surface area contributed by atoms with E-state index in [0.717, 1.165) is 29.2 Å². The number of carbonyl (C=O) groups is 1. The van der Waals surface area contributed by atoms with Crippen LogP contribution in [0.15, 0.2) is 54.7 Å². The molecular formula is C19H19ClN4OS. The lowest BCUT2D eigenvalue weighted by molar-refractivity contribution is -0.117. The Balaban J connectivity index is 1.77. The second-order valence-corrected chi connectivity index (χ2v) is 7.14. The van der Waals surface area contributed by atoms with Crippen molar-refractivity contribution >= 4 is 41.0 Å². The van der Waals surface area contributed by atoms with E-state index in [9.17, 15) is 4.79 Å². The van der Waals surface area contributed by atoms with E-state index >= 15 is 0 Å². The molecule has 0 fully saturated rings. The molecule has 0 saturated carbocycles. The van der Waals surface area contributed by atoms with E-state index in [1.54, 1.807) is 23.9 Å². The Morgan fingerprint density at radius 3 is 3.00 bits per heavy atom. The van der Waals surface area contributed by atoms with Gasteiger partial charge in [-0.25, -0.2) is 0 Å². The average Bonchev–Trinajstić information content (AvgIpc) is 3.07. The number of amides is 1. The van der Waals surface area contributed by atoms with Crippen molar-refractivity contribution in [2.45, 2.75) is 12.5 Å². The van der Waals surface area contributed by atoms with Gasteiger partial charge in [0.25, 0.3) is 0 Å². The third-order valence-corrected chi connectivity index (χ3v) is 4.73. The van der Waals surface area contributed by atoms with Gasteiger partial charge in [0.1, 0.15) is 0 Å². The van der Waals surface area contributed by atoms with Crippen LogP contribution in [-0.4, -0.2) is 32.5 Å². The van der Waals surface area contributed by atoms with Crippen molar-refractivity contribution < 1.29 is 4.79 Å². The van der Waals surface area contributed by atoms with E-state index < -0.39 is 0 Å². The molecule has 0 radical (unpaired) electrons. The Labute approximate surface area is 161 Å². The normalized spacial score (nSPS) is 12.5. The summed E-state index contributed by atoms with van der Waals surface area (Å²) in [6.07, 6.45) is 7.98. The zero-order valence-corrected chi connectivity index (χ0v) is 15.9. The molecule has 1 unspecified atom stereocenters. The number of fused-ring (bicyclic) bond motifs is 1. The van der Waals surface area contributed by atoms with Gasteiger partial charge < -0.3 is 5.32 Å². The molecule has 5 nitrogen and oxygen atoms in total. The molecule has 1 atom stereocenters. The first kappa shape index (κ1) is 18.5. The SMILES string of the molecule is CSCCC(NC(=O)/C=C\c1cccc(Cl)c1)c1nnc2ccccn12.